The van der Waals surface area contributed by atoms with Crippen molar-refractivity contribution >= 4 is 28.4 Å². The molecule has 6 rings (SSSR count). The van der Waals surface area contributed by atoms with E-state index in [4.69, 9.17) is 23.7 Å². The number of amides is 2. The number of carbonyl (C=O) groups is 2. The van der Waals surface area contributed by atoms with Crippen LogP contribution in [-0.2, 0) is 20.9 Å². The van der Waals surface area contributed by atoms with E-state index in [1.54, 1.807) is 13.2 Å². The molecule has 2 aliphatic rings. The summed E-state index contributed by atoms with van der Waals surface area (Å²) in [5.41, 5.74) is 0.396. The number of methoxy groups -OCH3 is 1. The standard InChI is InChI=1S/C31H29FN4O7/c1-39-11-12-40-24-16-22-25(27-26(24)41-13-14-42-27)28(35-18-34-22)43-23-8-7-20(15-21(23)32)36-30(38)31(9-10-31)29(37)33-17-19-5-3-2-4-6-19/h2-8,15-16,18H,9-14,17H2,1H3,(H,33,37)(H,36,38). The first-order valence-corrected chi connectivity index (χ1v) is 13.8. The summed E-state index contributed by atoms with van der Waals surface area (Å²) in [5, 5.41) is 5.90. The molecule has 222 valence electrons. The molecule has 3 aromatic carbocycles. The summed E-state index contributed by atoms with van der Waals surface area (Å²) in [6.07, 6.45) is 2.12. The molecular formula is C31H29FN4O7. The van der Waals surface area contributed by atoms with Crippen LogP contribution in [0.2, 0.25) is 0 Å². The molecule has 2 amide bonds. The second-order valence-corrected chi connectivity index (χ2v) is 10.1. The SMILES string of the molecule is COCCOc1cc2ncnc(Oc3ccc(NC(=O)C4(C(=O)NCc5ccccc5)CC4)cc3F)c2c2c1OCCO2. The Hall–Kier alpha value is -4.97. The average Bonchev–Trinajstić information content (AvgIpc) is 3.84. The van der Waals surface area contributed by atoms with Crippen molar-refractivity contribution in [3.8, 4) is 28.9 Å². The van der Waals surface area contributed by atoms with Gasteiger partial charge in [-0.05, 0) is 30.5 Å². The molecule has 1 aliphatic heterocycles. The maximum Gasteiger partial charge on any atom is 0.240 e. The third kappa shape index (κ3) is 5.86. The van der Waals surface area contributed by atoms with Crippen molar-refractivity contribution in [2.45, 2.75) is 19.4 Å². The first-order valence-electron chi connectivity index (χ1n) is 13.8. The highest BCUT2D eigenvalue weighted by molar-refractivity contribution is 6.13. The van der Waals surface area contributed by atoms with Crippen molar-refractivity contribution in [3.63, 3.8) is 0 Å². The zero-order chi connectivity index (χ0) is 29.8. The van der Waals surface area contributed by atoms with Gasteiger partial charge in [0.1, 0.15) is 36.9 Å². The summed E-state index contributed by atoms with van der Waals surface area (Å²) in [6.45, 7) is 1.59. The van der Waals surface area contributed by atoms with E-state index in [2.05, 4.69) is 20.6 Å². The van der Waals surface area contributed by atoms with Gasteiger partial charge in [-0.15, -0.1) is 0 Å². The molecular weight excluding hydrogens is 559 g/mol. The molecule has 0 atom stereocenters. The molecule has 1 aliphatic carbocycles. The van der Waals surface area contributed by atoms with Crippen molar-refractivity contribution in [2.24, 2.45) is 5.41 Å². The third-order valence-electron chi connectivity index (χ3n) is 7.20. The lowest BCUT2D eigenvalue weighted by atomic mass is 10.0. The quantitative estimate of drug-likeness (QED) is 0.194. The second kappa shape index (κ2) is 12.1. The number of fused-ring (bicyclic) bond motifs is 3. The molecule has 12 heteroatoms. The van der Waals surface area contributed by atoms with Crippen molar-refractivity contribution < 1.29 is 37.7 Å². The fourth-order valence-corrected chi connectivity index (χ4v) is 4.75. The maximum atomic E-state index is 15.3. The topological polar surface area (TPSA) is 130 Å². The first kappa shape index (κ1) is 28.2. The molecule has 1 aromatic heterocycles. The minimum absolute atomic E-state index is 0.0536. The number of aromatic nitrogens is 2. The molecule has 1 saturated carbocycles. The molecule has 11 nitrogen and oxygen atoms in total. The number of nitrogens with zero attached hydrogens (tertiary/aromatic N) is 2. The van der Waals surface area contributed by atoms with Crippen LogP contribution in [0.5, 0.6) is 28.9 Å². The molecule has 0 bridgehead atoms. The van der Waals surface area contributed by atoms with Crippen LogP contribution in [0.4, 0.5) is 10.1 Å². The number of hydrogen-bond acceptors (Lipinski definition) is 9. The highest BCUT2D eigenvalue weighted by atomic mass is 19.1. The summed E-state index contributed by atoms with van der Waals surface area (Å²) in [7, 11) is 1.57. The summed E-state index contributed by atoms with van der Waals surface area (Å²) >= 11 is 0. The minimum Gasteiger partial charge on any atom is -0.487 e. The van der Waals surface area contributed by atoms with E-state index in [1.165, 1.54) is 18.5 Å². The normalized spacial score (nSPS) is 14.6. The van der Waals surface area contributed by atoms with E-state index in [9.17, 15) is 9.59 Å². The molecule has 2 N–H and O–H groups in total. The minimum atomic E-state index is -1.17. The van der Waals surface area contributed by atoms with Gasteiger partial charge in [0, 0.05) is 31.5 Å². The van der Waals surface area contributed by atoms with E-state index in [0.717, 1.165) is 11.6 Å². The zero-order valence-corrected chi connectivity index (χ0v) is 23.4. The molecule has 1 fully saturated rings. The van der Waals surface area contributed by atoms with Crippen molar-refractivity contribution in [3.05, 3.63) is 72.3 Å². The molecule has 43 heavy (non-hydrogen) atoms. The van der Waals surface area contributed by atoms with Crippen molar-refractivity contribution in [1.29, 1.82) is 0 Å². The Balaban J connectivity index is 1.18. The maximum absolute atomic E-state index is 15.3. The van der Waals surface area contributed by atoms with E-state index < -0.39 is 17.1 Å². The van der Waals surface area contributed by atoms with Gasteiger partial charge < -0.3 is 34.3 Å². The van der Waals surface area contributed by atoms with Gasteiger partial charge in [0.2, 0.25) is 23.4 Å². The Kier molecular flexibility index (Phi) is 7.93. The van der Waals surface area contributed by atoms with Crippen LogP contribution in [0.3, 0.4) is 0 Å². The third-order valence-corrected chi connectivity index (χ3v) is 7.20. The highest BCUT2D eigenvalue weighted by Gasteiger charge is 2.56. The van der Waals surface area contributed by atoms with E-state index in [1.807, 2.05) is 30.3 Å². The molecule has 0 unspecified atom stereocenters. The Bertz CT molecular complexity index is 1660. The van der Waals surface area contributed by atoms with Gasteiger partial charge in [0.15, 0.2) is 23.1 Å². The average molecular weight is 589 g/mol. The smallest absolute Gasteiger partial charge is 0.240 e. The predicted octanol–water partition coefficient (Wildman–Crippen LogP) is 4.39. The molecule has 0 radical (unpaired) electrons. The number of anilines is 1. The molecule has 4 aromatic rings. The van der Waals surface area contributed by atoms with Crippen LogP contribution in [-0.4, -0.2) is 55.3 Å². The van der Waals surface area contributed by atoms with Gasteiger partial charge in [-0.25, -0.2) is 14.4 Å². The van der Waals surface area contributed by atoms with Gasteiger partial charge in [-0.1, -0.05) is 30.3 Å². The number of halogens is 1. The summed E-state index contributed by atoms with van der Waals surface area (Å²) in [5.74, 6) is -0.535. The van der Waals surface area contributed by atoms with E-state index in [-0.39, 0.29) is 29.8 Å². The summed E-state index contributed by atoms with van der Waals surface area (Å²) in [4.78, 5) is 34.4. The Morgan fingerprint density at radius 1 is 0.953 bits per heavy atom. The molecule has 0 saturated heterocycles. The summed E-state index contributed by atoms with van der Waals surface area (Å²) < 4.78 is 43.7. The Morgan fingerprint density at radius 2 is 1.74 bits per heavy atom. The van der Waals surface area contributed by atoms with Crippen LogP contribution in [0, 0.1) is 11.2 Å². The Morgan fingerprint density at radius 3 is 2.49 bits per heavy atom. The number of nitrogens with one attached hydrogen (secondary N) is 2. The number of benzene rings is 3. The van der Waals surface area contributed by atoms with E-state index >= 15 is 4.39 Å². The number of carbonyl (C=O) groups excluding carboxylic acids is 2. The zero-order valence-electron chi connectivity index (χ0n) is 23.4. The van der Waals surface area contributed by atoms with E-state index in [0.29, 0.717) is 67.4 Å². The molecule has 0 spiro atoms. The number of rotatable bonds is 11. The number of hydrogen-bond donors (Lipinski definition) is 2. The van der Waals surface area contributed by atoms with Crippen molar-refractivity contribution in [1.82, 2.24) is 15.3 Å². The lowest BCUT2D eigenvalue weighted by Crippen LogP contribution is -2.39. The second-order valence-electron chi connectivity index (χ2n) is 10.1. The van der Waals surface area contributed by atoms with Gasteiger partial charge in [0.25, 0.3) is 0 Å². The summed E-state index contributed by atoms with van der Waals surface area (Å²) in [6, 6.07) is 15.1. The lowest BCUT2D eigenvalue weighted by Gasteiger charge is -2.23. The van der Waals surface area contributed by atoms with Crippen LogP contribution >= 0.6 is 0 Å². The van der Waals surface area contributed by atoms with Crippen LogP contribution in [0.1, 0.15) is 18.4 Å². The van der Waals surface area contributed by atoms with Gasteiger partial charge >= 0.3 is 0 Å². The monoisotopic (exact) mass is 588 g/mol. The van der Waals surface area contributed by atoms with Crippen LogP contribution < -0.4 is 29.6 Å². The first-order chi connectivity index (χ1) is 21.0. The lowest BCUT2D eigenvalue weighted by molar-refractivity contribution is -0.134. The van der Waals surface area contributed by atoms with Crippen molar-refractivity contribution in [2.75, 3.05) is 38.9 Å². The van der Waals surface area contributed by atoms with Gasteiger partial charge in [-0.2, -0.15) is 0 Å². The number of ether oxygens (including phenoxy) is 5. The van der Waals surface area contributed by atoms with Gasteiger partial charge in [0.05, 0.1) is 12.1 Å². The highest BCUT2D eigenvalue weighted by Crippen LogP contribution is 2.49. The molecule has 2 heterocycles. The van der Waals surface area contributed by atoms with Crippen LogP contribution in [0.15, 0.2) is 60.9 Å². The van der Waals surface area contributed by atoms with Gasteiger partial charge in [-0.3, -0.25) is 9.59 Å². The largest absolute Gasteiger partial charge is 0.487 e. The Labute approximate surface area is 246 Å². The fourth-order valence-electron chi connectivity index (χ4n) is 4.75. The fraction of sp³-hybridized carbons (Fsp3) is 0.290. The predicted molar refractivity (Wildman–Crippen MR) is 153 cm³/mol. The van der Waals surface area contributed by atoms with Crippen LogP contribution in [0.25, 0.3) is 10.9 Å².